The first-order chi connectivity index (χ1) is 6.26. The Labute approximate surface area is 74.3 Å². The van der Waals surface area contributed by atoms with Gasteiger partial charge in [-0.25, -0.2) is 14.4 Å². The maximum absolute atomic E-state index is 10.9. The monoisotopic (exact) mass is 184 g/mol. The van der Waals surface area contributed by atoms with E-state index in [1.807, 2.05) is 6.92 Å². The molecule has 0 spiro atoms. The Morgan fingerprint density at radius 2 is 2.15 bits per heavy atom. The average Bonchev–Trinajstić information content (AvgIpc) is 2.14. The third-order valence-electron chi connectivity index (χ3n) is 1.22. The number of hydrogen-bond donors (Lipinski definition) is 0. The molecule has 0 aromatic rings. The van der Waals surface area contributed by atoms with Gasteiger partial charge in [0.25, 0.3) is 6.08 Å². The predicted octanol–water partition coefficient (Wildman–Crippen LogP) is 0.285. The molecule has 0 heterocycles. The second kappa shape index (κ2) is 6.91. The topological polar surface area (TPSA) is 85.2 Å². The number of aliphatic imine (C=N–C) groups is 1. The van der Waals surface area contributed by atoms with Crippen LogP contribution in [0.5, 0.6) is 0 Å². The lowest BCUT2D eigenvalue weighted by atomic mass is 10.2. The Balaban J connectivity index is 4.26. The van der Waals surface area contributed by atoms with E-state index in [1.165, 1.54) is 6.08 Å². The fourth-order valence-corrected chi connectivity index (χ4v) is 0.697. The summed E-state index contributed by atoms with van der Waals surface area (Å²) in [6.45, 7) is 1.81. The second-order valence-electron chi connectivity index (χ2n) is 2.12. The lowest BCUT2D eigenvalue weighted by Gasteiger charge is -2.03. The molecule has 0 aliphatic rings. The van der Waals surface area contributed by atoms with E-state index in [0.29, 0.717) is 12.8 Å². The van der Waals surface area contributed by atoms with Crippen molar-refractivity contribution in [3.05, 3.63) is 0 Å². The van der Waals surface area contributed by atoms with Crippen LogP contribution in [0.2, 0.25) is 0 Å². The summed E-state index contributed by atoms with van der Waals surface area (Å²) in [7, 11) is 0. The van der Waals surface area contributed by atoms with Gasteiger partial charge in [0.2, 0.25) is 6.08 Å². The molecule has 0 amide bonds. The van der Waals surface area contributed by atoms with E-state index in [9.17, 15) is 14.4 Å². The second-order valence-corrected chi connectivity index (χ2v) is 2.12. The van der Waals surface area contributed by atoms with E-state index < -0.39 is 12.0 Å². The van der Waals surface area contributed by atoms with Crippen molar-refractivity contribution in [3.8, 4) is 0 Å². The lowest BCUT2D eigenvalue weighted by Crippen LogP contribution is -2.19. The van der Waals surface area contributed by atoms with Crippen LogP contribution < -0.4 is 0 Å². The SMILES string of the molecule is CCCC(N=C=O)C(=O)ON=C=O. The van der Waals surface area contributed by atoms with Crippen LogP contribution in [0.4, 0.5) is 0 Å². The average molecular weight is 184 g/mol. The maximum atomic E-state index is 10.9. The maximum Gasteiger partial charge on any atom is 0.361 e. The zero-order chi connectivity index (χ0) is 10.1. The van der Waals surface area contributed by atoms with Crippen LogP contribution in [0.3, 0.4) is 0 Å². The minimum Gasteiger partial charge on any atom is -0.304 e. The largest absolute Gasteiger partial charge is 0.361 e. The number of isocyanates is 2. The van der Waals surface area contributed by atoms with Crippen LogP contribution in [-0.4, -0.2) is 24.2 Å². The Kier molecular flexibility index (Phi) is 5.97. The van der Waals surface area contributed by atoms with Gasteiger partial charge in [0.1, 0.15) is 0 Å². The van der Waals surface area contributed by atoms with Gasteiger partial charge in [0.15, 0.2) is 6.04 Å². The quantitative estimate of drug-likeness (QED) is 0.266. The van der Waals surface area contributed by atoms with Gasteiger partial charge < -0.3 is 4.84 Å². The molecule has 0 aliphatic carbocycles. The highest BCUT2D eigenvalue weighted by atomic mass is 16.7. The van der Waals surface area contributed by atoms with Gasteiger partial charge in [0.05, 0.1) is 0 Å². The number of rotatable bonds is 5. The van der Waals surface area contributed by atoms with Crippen molar-refractivity contribution in [1.82, 2.24) is 0 Å². The van der Waals surface area contributed by atoms with Crippen molar-refractivity contribution in [3.63, 3.8) is 0 Å². The summed E-state index contributed by atoms with van der Waals surface area (Å²) in [5, 5.41) is 2.61. The zero-order valence-corrected chi connectivity index (χ0v) is 7.02. The first-order valence-corrected chi connectivity index (χ1v) is 3.61. The van der Waals surface area contributed by atoms with E-state index in [0.717, 1.165) is 6.08 Å². The van der Waals surface area contributed by atoms with Crippen LogP contribution in [0.15, 0.2) is 10.1 Å². The molecule has 0 saturated carbocycles. The molecular weight excluding hydrogens is 176 g/mol. The Morgan fingerprint density at radius 1 is 1.46 bits per heavy atom. The molecule has 0 fully saturated rings. The predicted molar refractivity (Wildman–Crippen MR) is 41.0 cm³/mol. The minimum absolute atomic E-state index is 0.350. The third-order valence-corrected chi connectivity index (χ3v) is 1.22. The molecule has 0 aromatic carbocycles. The van der Waals surface area contributed by atoms with E-state index in [4.69, 9.17) is 0 Å². The lowest BCUT2D eigenvalue weighted by molar-refractivity contribution is -0.145. The normalized spacial score (nSPS) is 10.5. The van der Waals surface area contributed by atoms with Gasteiger partial charge in [-0.2, -0.15) is 4.99 Å². The van der Waals surface area contributed by atoms with Gasteiger partial charge >= 0.3 is 5.97 Å². The highest BCUT2D eigenvalue weighted by Gasteiger charge is 2.18. The molecule has 13 heavy (non-hydrogen) atoms. The van der Waals surface area contributed by atoms with Gasteiger partial charge in [-0.05, 0) is 6.42 Å². The number of hydrogen-bond acceptors (Lipinski definition) is 6. The van der Waals surface area contributed by atoms with Crippen molar-refractivity contribution < 1.29 is 19.2 Å². The van der Waals surface area contributed by atoms with E-state index in [-0.39, 0.29) is 0 Å². The van der Waals surface area contributed by atoms with Gasteiger partial charge in [0, 0.05) is 5.16 Å². The fourth-order valence-electron chi connectivity index (χ4n) is 0.697. The summed E-state index contributed by atoms with van der Waals surface area (Å²) in [5.74, 6) is -0.853. The molecule has 0 aromatic heterocycles. The Bertz CT molecular complexity index is 264. The van der Waals surface area contributed by atoms with Crippen molar-refractivity contribution in [2.24, 2.45) is 10.1 Å². The molecule has 0 saturated heterocycles. The Morgan fingerprint density at radius 3 is 2.62 bits per heavy atom. The smallest absolute Gasteiger partial charge is 0.304 e. The van der Waals surface area contributed by atoms with Crippen molar-refractivity contribution >= 4 is 18.1 Å². The summed E-state index contributed by atoms with van der Waals surface area (Å²) in [6, 6.07) is -0.931. The van der Waals surface area contributed by atoms with Crippen molar-refractivity contribution in [1.29, 1.82) is 0 Å². The molecule has 70 valence electrons. The van der Waals surface area contributed by atoms with Crippen LogP contribution in [0.1, 0.15) is 19.8 Å². The van der Waals surface area contributed by atoms with Crippen LogP contribution in [0.25, 0.3) is 0 Å². The van der Waals surface area contributed by atoms with E-state index >= 15 is 0 Å². The summed E-state index contributed by atoms with van der Waals surface area (Å²) in [5.41, 5.74) is 0. The summed E-state index contributed by atoms with van der Waals surface area (Å²) in [4.78, 5) is 37.6. The standard InChI is InChI=1S/C7H8N2O4/c1-2-3-6(8-4-10)7(12)13-9-5-11/h6H,2-3H2,1H3. The molecular formula is C7H8N2O4. The molecule has 0 radical (unpaired) electrons. The molecule has 6 nitrogen and oxygen atoms in total. The summed E-state index contributed by atoms with van der Waals surface area (Å²) in [6.07, 6.45) is 3.27. The minimum atomic E-state index is -0.931. The molecule has 6 heteroatoms. The van der Waals surface area contributed by atoms with Gasteiger partial charge in [-0.1, -0.05) is 13.3 Å². The molecule has 0 N–H and O–H groups in total. The number of carbonyl (C=O) groups excluding carboxylic acids is 3. The molecule has 0 rings (SSSR count). The summed E-state index contributed by atoms with van der Waals surface area (Å²) < 4.78 is 0. The van der Waals surface area contributed by atoms with E-state index in [2.05, 4.69) is 15.0 Å². The van der Waals surface area contributed by atoms with Crippen LogP contribution in [-0.2, 0) is 19.2 Å². The number of nitrogens with zero attached hydrogens (tertiary/aromatic N) is 2. The molecule has 0 bridgehead atoms. The van der Waals surface area contributed by atoms with Crippen molar-refractivity contribution in [2.45, 2.75) is 25.8 Å². The van der Waals surface area contributed by atoms with Gasteiger partial charge in [-0.3, -0.25) is 0 Å². The first-order valence-electron chi connectivity index (χ1n) is 3.61. The molecule has 1 atom stereocenters. The number of carbonyl (C=O) groups is 1. The van der Waals surface area contributed by atoms with Crippen LogP contribution >= 0.6 is 0 Å². The van der Waals surface area contributed by atoms with Crippen molar-refractivity contribution in [2.75, 3.05) is 0 Å². The molecule has 1 unspecified atom stereocenters. The zero-order valence-electron chi connectivity index (χ0n) is 7.02. The van der Waals surface area contributed by atoms with Crippen LogP contribution in [0, 0.1) is 0 Å². The van der Waals surface area contributed by atoms with E-state index in [1.54, 1.807) is 0 Å². The third kappa shape index (κ3) is 4.63. The highest BCUT2D eigenvalue weighted by molar-refractivity contribution is 5.76. The molecule has 0 aliphatic heterocycles. The summed E-state index contributed by atoms with van der Waals surface area (Å²) >= 11 is 0. The Hall–Kier alpha value is -1.77. The fraction of sp³-hybridized carbons (Fsp3) is 0.571. The highest BCUT2D eigenvalue weighted by Crippen LogP contribution is 2.03. The first kappa shape index (κ1) is 11.2. The van der Waals surface area contributed by atoms with Gasteiger partial charge in [-0.15, -0.1) is 0 Å².